The van der Waals surface area contributed by atoms with E-state index in [9.17, 15) is 12.8 Å². The molecule has 5 rings (SSSR count). The summed E-state index contributed by atoms with van der Waals surface area (Å²) in [6, 6.07) is 32.2. The Balaban J connectivity index is 1.79. The van der Waals surface area contributed by atoms with Crippen LogP contribution >= 0.6 is 0 Å². The van der Waals surface area contributed by atoms with Gasteiger partial charge in [0.25, 0.3) is 0 Å². The van der Waals surface area contributed by atoms with Crippen LogP contribution in [0.25, 0.3) is 22.7 Å². The van der Waals surface area contributed by atoms with E-state index in [1.807, 2.05) is 60.7 Å². The second-order valence-corrected chi connectivity index (χ2v) is 9.79. The zero-order valence-electron chi connectivity index (χ0n) is 18.0. The van der Waals surface area contributed by atoms with Crippen LogP contribution in [0, 0.1) is 5.82 Å². The predicted molar refractivity (Wildman–Crippen MR) is 129 cm³/mol. The number of benzene rings is 4. The number of aromatic nitrogens is 1. The first-order chi connectivity index (χ1) is 16.5. The number of rotatable bonds is 6. The zero-order valence-corrected chi connectivity index (χ0v) is 18.8. The van der Waals surface area contributed by atoms with Gasteiger partial charge in [-0.1, -0.05) is 78.9 Å². The number of nitrogens with zero attached hydrogens (tertiary/aromatic N) is 1. The summed E-state index contributed by atoms with van der Waals surface area (Å²) in [5.41, 5.74) is 2.26. The van der Waals surface area contributed by atoms with Crippen LogP contribution < -0.4 is 0 Å². The molecule has 5 aromatic rings. The van der Waals surface area contributed by atoms with Gasteiger partial charge in [-0.05, 0) is 42.0 Å². The normalized spacial score (nSPS) is 12.4. The van der Waals surface area contributed by atoms with Crippen molar-refractivity contribution in [3.63, 3.8) is 0 Å². The lowest BCUT2D eigenvalue weighted by Crippen LogP contribution is -2.15. The zero-order chi connectivity index (χ0) is 23.5. The summed E-state index contributed by atoms with van der Waals surface area (Å²) in [6.07, 6.45) is 0. The minimum absolute atomic E-state index is 0.140. The Kier molecular flexibility index (Phi) is 5.82. The van der Waals surface area contributed by atoms with Crippen LogP contribution in [-0.4, -0.2) is 13.4 Å². The Morgan fingerprint density at radius 2 is 1.21 bits per heavy atom. The molecule has 0 aliphatic heterocycles. The molecule has 0 bridgehead atoms. The molecule has 168 valence electrons. The molecule has 0 amide bonds. The van der Waals surface area contributed by atoms with Crippen molar-refractivity contribution in [3.05, 3.63) is 132 Å². The first-order valence-corrected chi connectivity index (χ1v) is 12.2. The highest BCUT2D eigenvalue weighted by atomic mass is 32.2. The van der Waals surface area contributed by atoms with E-state index >= 15 is 0 Å². The summed E-state index contributed by atoms with van der Waals surface area (Å²) in [5, 5.41) is -1.23. The Morgan fingerprint density at radius 3 is 1.79 bits per heavy atom. The molecule has 6 heteroatoms. The average Bonchev–Trinajstić information content (AvgIpc) is 3.32. The fourth-order valence-electron chi connectivity index (χ4n) is 3.87. The van der Waals surface area contributed by atoms with Gasteiger partial charge in [-0.3, -0.25) is 0 Å². The lowest BCUT2D eigenvalue weighted by Gasteiger charge is -2.17. The molecule has 0 saturated carbocycles. The molecule has 0 spiro atoms. The van der Waals surface area contributed by atoms with Gasteiger partial charge in [0, 0.05) is 11.1 Å². The van der Waals surface area contributed by atoms with Crippen molar-refractivity contribution < 1.29 is 17.2 Å². The standard InChI is InChI=1S/C28H20FNO3S/c29-23-18-16-21(17-19-23)27(34(31,32)24-14-8-3-9-15-24)26-25(20-10-4-1-5-11-20)30-28(33-26)22-12-6-2-7-13-22/h1-19,27H. The Hall–Kier alpha value is -4.03. The van der Waals surface area contributed by atoms with Gasteiger partial charge in [0.05, 0.1) is 4.90 Å². The van der Waals surface area contributed by atoms with Crippen LogP contribution in [0.2, 0.25) is 0 Å². The summed E-state index contributed by atoms with van der Waals surface area (Å²) in [5.74, 6) is 0.0378. The highest BCUT2D eigenvalue weighted by Crippen LogP contribution is 2.42. The van der Waals surface area contributed by atoms with E-state index in [-0.39, 0.29) is 10.7 Å². The molecular formula is C28H20FNO3S. The third-order valence-corrected chi connectivity index (χ3v) is 7.55. The van der Waals surface area contributed by atoms with Gasteiger partial charge in [-0.25, -0.2) is 17.8 Å². The molecule has 0 aliphatic rings. The third kappa shape index (κ3) is 4.16. The van der Waals surface area contributed by atoms with Crippen LogP contribution in [0.4, 0.5) is 4.39 Å². The minimum atomic E-state index is -3.98. The fourth-order valence-corrected chi connectivity index (χ4v) is 5.64. The van der Waals surface area contributed by atoms with E-state index in [0.717, 1.165) is 11.1 Å². The molecule has 34 heavy (non-hydrogen) atoms. The van der Waals surface area contributed by atoms with Gasteiger partial charge >= 0.3 is 0 Å². The molecule has 1 atom stereocenters. The van der Waals surface area contributed by atoms with E-state index in [1.54, 1.807) is 30.3 Å². The summed E-state index contributed by atoms with van der Waals surface area (Å²) in [6.45, 7) is 0. The molecule has 4 nitrogen and oxygen atoms in total. The van der Waals surface area contributed by atoms with E-state index in [0.29, 0.717) is 17.1 Å². The molecular weight excluding hydrogens is 449 g/mol. The predicted octanol–water partition coefficient (Wildman–Crippen LogP) is 6.71. The summed E-state index contributed by atoms with van der Waals surface area (Å²) in [4.78, 5) is 4.86. The summed E-state index contributed by atoms with van der Waals surface area (Å²) < 4.78 is 47.9. The molecule has 0 fully saturated rings. The minimum Gasteiger partial charge on any atom is -0.439 e. The Bertz CT molecular complexity index is 1500. The second kappa shape index (κ2) is 9.08. The second-order valence-electron chi connectivity index (χ2n) is 7.75. The highest BCUT2D eigenvalue weighted by Gasteiger charge is 2.37. The molecule has 0 radical (unpaired) electrons. The number of sulfone groups is 1. The number of halogens is 1. The van der Waals surface area contributed by atoms with Crippen molar-refractivity contribution in [3.8, 4) is 22.7 Å². The van der Waals surface area contributed by atoms with Gasteiger partial charge in [0.15, 0.2) is 20.8 Å². The van der Waals surface area contributed by atoms with Crippen molar-refractivity contribution in [1.29, 1.82) is 0 Å². The fraction of sp³-hybridized carbons (Fsp3) is 0.0357. The van der Waals surface area contributed by atoms with Crippen molar-refractivity contribution >= 4 is 9.84 Å². The third-order valence-electron chi connectivity index (χ3n) is 5.51. The van der Waals surface area contributed by atoms with E-state index in [2.05, 4.69) is 0 Å². The van der Waals surface area contributed by atoms with Crippen molar-refractivity contribution in [1.82, 2.24) is 4.98 Å². The van der Waals surface area contributed by atoms with Crippen LogP contribution in [0.15, 0.2) is 125 Å². The average molecular weight is 470 g/mol. The summed E-state index contributed by atoms with van der Waals surface area (Å²) in [7, 11) is -3.98. The molecule has 1 heterocycles. The van der Waals surface area contributed by atoms with Crippen LogP contribution in [-0.2, 0) is 9.84 Å². The van der Waals surface area contributed by atoms with Crippen molar-refractivity contribution in [2.75, 3.05) is 0 Å². The molecule has 0 aliphatic carbocycles. The van der Waals surface area contributed by atoms with E-state index < -0.39 is 20.9 Å². The SMILES string of the molecule is O=S(=O)(c1ccccc1)C(c1ccc(F)cc1)c1oc(-c2ccccc2)nc1-c1ccccc1. The highest BCUT2D eigenvalue weighted by molar-refractivity contribution is 7.91. The van der Waals surface area contributed by atoms with Gasteiger partial charge in [0.1, 0.15) is 11.5 Å². The topological polar surface area (TPSA) is 60.2 Å². The number of oxazole rings is 1. The lowest BCUT2D eigenvalue weighted by atomic mass is 10.0. The number of hydrogen-bond donors (Lipinski definition) is 0. The molecule has 0 saturated heterocycles. The van der Waals surface area contributed by atoms with Crippen LogP contribution in [0.3, 0.4) is 0 Å². The molecule has 0 N–H and O–H groups in total. The summed E-state index contributed by atoms with van der Waals surface area (Å²) >= 11 is 0. The maximum Gasteiger partial charge on any atom is 0.226 e. The Labute approximate surface area is 197 Å². The first-order valence-electron chi connectivity index (χ1n) is 10.7. The lowest BCUT2D eigenvalue weighted by molar-refractivity contribution is 0.513. The van der Waals surface area contributed by atoms with E-state index in [4.69, 9.17) is 9.40 Å². The quantitative estimate of drug-likeness (QED) is 0.277. The van der Waals surface area contributed by atoms with Crippen LogP contribution in [0.1, 0.15) is 16.6 Å². The van der Waals surface area contributed by atoms with Gasteiger partial charge in [-0.15, -0.1) is 0 Å². The monoisotopic (exact) mass is 469 g/mol. The Morgan fingerprint density at radius 1 is 0.676 bits per heavy atom. The largest absolute Gasteiger partial charge is 0.439 e. The van der Waals surface area contributed by atoms with Gasteiger partial charge in [-0.2, -0.15) is 0 Å². The van der Waals surface area contributed by atoms with Crippen molar-refractivity contribution in [2.24, 2.45) is 0 Å². The first kappa shape index (κ1) is 21.8. The van der Waals surface area contributed by atoms with Gasteiger partial charge < -0.3 is 4.42 Å². The molecule has 1 unspecified atom stereocenters. The maximum absolute atomic E-state index is 14.0. The van der Waals surface area contributed by atoms with E-state index in [1.165, 1.54) is 24.3 Å². The van der Waals surface area contributed by atoms with Crippen molar-refractivity contribution in [2.45, 2.75) is 10.1 Å². The maximum atomic E-state index is 14.0. The van der Waals surface area contributed by atoms with Gasteiger partial charge in [0.2, 0.25) is 5.89 Å². The molecule has 1 aromatic heterocycles. The molecule has 4 aromatic carbocycles. The smallest absolute Gasteiger partial charge is 0.226 e. The van der Waals surface area contributed by atoms with Crippen LogP contribution in [0.5, 0.6) is 0 Å². The number of hydrogen-bond acceptors (Lipinski definition) is 4.